The highest BCUT2D eigenvalue weighted by Gasteiger charge is 2.20. The Labute approximate surface area is 520 Å². The van der Waals surface area contributed by atoms with Gasteiger partial charge in [0.25, 0.3) is 0 Å². The largest absolute Gasteiger partial charge is 0.466 e. The lowest BCUT2D eigenvalue weighted by Gasteiger charge is -2.22. The lowest BCUT2D eigenvalue weighted by atomic mass is 10.0. The zero-order valence-corrected chi connectivity index (χ0v) is 56.5. The maximum atomic E-state index is 12.5. The van der Waals surface area contributed by atoms with Crippen LogP contribution in [0, 0.1) is 0 Å². The quantitative estimate of drug-likeness (QED) is 0.0320. The van der Waals surface area contributed by atoms with Crippen molar-refractivity contribution >= 4 is 11.9 Å². The van der Waals surface area contributed by atoms with E-state index in [1.54, 1.807) is 0 Å². The Morgan fingerprint density at radius 2 is 0.602 bits per heavy atom. The Bertz CT molecular complexity index is 1300. The van der Waals surface area contributed by atoms with E-state index in [4.69, 9.17) is 4.74 Å². The van der Waals surface area contributed by atoms with E-state index in [1.807, 2.05) is 0 Å². The van der Waals surface area contributed by atoms with Crippen molar-refractivity contribution in [2.24, 2.45) is 0 Å². The van der Waals surface area contributed by atoms with Crippen LogP contribution in [0.5, 0.6) is 0 Å². The molecule has 1 amide bonds. The smallest absolute Gasteiger partial charge is 0.305 e. The molecule has 0 aromatic carbocycles. The molecule has 6 heteroatoms. The molecule has 0 aliphatic carbocycles. The molecule has 0 saturated heterocycles. The molecule has 0 aromatic heterocycles. The normalized spacial score (nSPS) is 12.6. The third-order valence-electron chi connectivity index (χ3n) is 18.0. The van der Waals surface area contributed by atoms with E-state index in [-0.39, 0.29) is 18.5 Å². The number of allylic oxidation sites excluding steroid dienone is 4. The van der Waals surface area contributed by atoms with E-state index in [2.05, 4.69) is 43.5 Å². The van der Waals surface area contributed by atoms with E-state index < -0.39 is 12.1 Å². The van der Waals surface area contributed by atoms with Crippen LogP contribution in [-0.2, 0) is 14.3 Å². The molecular weight excluding hydrogens is 1020 g/mol. The average Bonchev–Trinajstić information content (AvgIpc) is 3.49. The van der Waals surface area contributed by atoms with Crippen molar-refractivity contribution in [3.8, 4) is 0 Å². The average molecular weight is 1170 g/mol. The van der Waals surface area contributed by atoms with Gasteiger partial charge in [-0.3, -0.25) is 9.59 Å². The lowest BCUT2D eigenvalue weighted by Crippen LogP contribution is -2.45. The SMILES string of the molecule is CCCCCC/C=C\C/C=C\CCCCCCCC(=O)OCCCCCCCCCCCCCCCCCCCCCCCCCCCCCCCCCCCC(=O)NC(CO)C(O)CCCCCCCCCCCCCCCCCCC. The van der Waals surface area contributed by atoms with Gasteiger partial charge in [0.05, 0.1) is 25.4 Å². The number of aliphatic hydroxyl groups excluding tert-OH is 2. The lowest BCUT2D eigenvalue weighted by molar-refractivity contribution is -0.143. The molecule has 2 atom stereocenters. The van der Waals surface area contributed by atoms with Crippen LogP contribution in [0.2, 0.25) is 0 Å². The van der Waals surface area contributed by atoms with Crippen molar-refractivity contribution in [2.45, 2.75) is 443 Å². The minimum absolute atomic E-state index is 0.00899. The Morgan fingerprint density at radius 1 is 0.337 bits per heavy atom. The topological polar surface area (TPSA) is 95.9 Å². The van der Waals surface area contributed by atoms with E-state index in [0.29, 0.717) is 25.9 Å². The predicted molar refractivity (Wildman–Crippen MR) is 366 cm³/mol. The summed E-state index contributed by atoms with van der Waals surface area (Å²) in [5.41, 5.74) is 0. The molecule has 0 spiro atoms. The van der Waals surface area contributed by atoms with Gasteiger partial charge in [-0.05, 0) is 57.8 Å². The molecule has 2 unspecified atom stereocenters. The van der Waals surface area contributed by atoms with Crippen molar-refractivity contribution in [2.75, 3.05) is 13.2 Å². The number of rotatable bonds is 72. The molecule has 0 aromatic rings. The van der Waals surface area contributed by atoms with Gasteiger partial charge in [0.2, 0.25) is 5.91 Å². The van der Waals surface area contributed by atoms with Crippen LogP contribution in [0.4, 0.5) is 0 Å². The third kappa shape index (κ3) is 69.3. The molecule has 6 nitrogen and oxygen atoms in total. The summed E-state index contributed by atoms with van der Waals surface area (Å²) in [5.74, 6) is -0.0171. The fraction of sp³-hybridized carbons (Fsp3) is 0.922. The van der Waals surface area contributed by atoms with Crippen LogP contribution >= 0.6 is 0 Å². The summed E-state index contributed by atoms with van der Waals surface area (Å²) in [6.07, 6.45) is 92.6. The molecule has 0 fully saturated rings. The molecule has 0 aliphatic rings. The number of amides is 1. The van der Waals surface area contributed by atoms with Crippen molar-refractivity contribution in [1.82, 2.24) is 5.32 Å². The molecule has 0 aliphatic heterocycles. The molecule has 0 bridgehead atoms. The van der Waals surface area contributed by atoms with Crippen LogP contribution in [0.15, 0.2) is 24.3 Å². The van der Waals surface area contributed by atoms with Gasteiger partial charge in [0, 0.05) is 12.8 Å². The van der Waals surface area contributed by atoms with Gasteiger partial charge in [-0.25, -0.2) is 0 Å². The minimum Gasteiger partial charge on any atom is -0.466 e. The second-order valence-corrected chi connectivity index (χ2v) is 26.3. The number of carbonyl (C=O) groups excluding carboxylic acids is 2. The summed E-state index contributed by atoms with van der Waals surface area (Å²) in [4.78, 5) is 24.6. The van der Waals surface area contributed by atoms with E-state index in [1.165, 1.54) is 347 Å². The number of nitrogens with one attached hydrogen (secondary N) is 1. The molecule has 3 N–H and O–H groups in total. The number of hydrogen-bond acceptors (Lipinski definition) is 5. The monoisotopic (exact) mass is 1170 g/mol. The van der Waals surface area contributed by atoms with Crippen LogP contribution in [-0.4, -0.2) is 47.4 Å². The van der Waals surface area contributed by atoms with Crippen molar-refractivity contribution < 1.29 is 24.5 Å². The van der Waals surface area contributed by atoms with Crippen LogP contribution in [0.25, 0.3) is 0 Å². The van der Waals surface area contributed by atoms with E-state index in [0.717, 1.165) is 51.4 Å². The number of esters is 1. The zero-order chi connectivity index (χ0) is 59.9. The standard InChI is InChI=1S/C77H149NO5/c1-3-5-7-9-11-13-15-17-19-38-41-45-49-53-57-61-65-69-75(80)74(73-79)78-76(81)70-66-62-58-54-50-46-42-39-36-34-32-30-28-26-24-22-21-23-25-27-29-31-33-35-37-40-44-48-52-56-60-64-68-72-83-77(82)71-67-63-59-55-51-47-43-20-18-16-14-12-10-8-6-4-2/h14,16,20,43,74-75,79-80H,3-13,15,17-19,21-42,44-73H2,1-2H3,(H,78,81)/b16-14-,43-20-. The second kappa shape index (κ2) is 72.8. The summed E-state index contributed by atoms with van der Waals surface area (Å²) < 4.78 is 5.50. The highest BCUT2D eigenvalue weighted by atomic mass is 16.5. The maximum absolute atomic E-state index is 12.5. The summed E-state index contributed by atoms with van der Waals surface area (Å²) >= 11 is 0. The first-order chi connectivity index (χ1) is 41.0. The van der Waals surface area contributed by atoms with E-state index in [9.17, 15) is 19.8 Å². The highest BCUT2D eigenvalue weighted by Crippen LogP contribution is 2.20. The minimum atomic E-state index is -0.661. The van der Waals surface area contributed by atoms with Crippen LogP contribution in [0.1, 0.15) is 431 Å². The fourth-order valence-electron chi connectivity index (χ4n) is 12.2. The van der Waals surface area contributed by atoms with Crippen molar-refractivity contribution in [3.63, 3.8) is 0 Å². The van der Waals surface area contributed by atoms with Gasteiger partial charge in [-0.15, -0.1) is 0 Å². The van der Waals surface area contributed by atoms with Gasteiger partial charge >= 0.3 is 5.97 Å². The maximum Gasteiger partial charge on any atom is 0.305 e. The molecule has 0 saturated carbocycles. The molecular formula is C77H149NO5. The number of unbranched alkanes of at least 4 members (excludes halogenated alkanes) is 57. The number of ether oxygens (including phenoxy) is 1. The fourth-order valence-corrected chi connectivity index (χ4v) is 12.2. The number of aliphatic hydroxyl groups is 2. The third-order valence-corrected chi connectivity index (χ3v) is 18.0. The summed E-state index contributed by atoms with van der Waals surface area (Å²) in [6.45, 7) is 4.97. The summed E-state index contributed by atoms with van der Waals surface area (Å²) in [5, 5.41) is 23.4. The zero-order valence-electron chi connectivity index (χ0n) is 56.5. The van der Waals surface area contributed by atoms with Gasteiger partial charge in [-0.1, -0.05) is 385 Å². The van der Waals surface area contributed by atoms with Gasteiger partial charge in [0.15, 0.2) is 0 Å². The van der Waals surface area contributed by atoms with Crippen LogP contribution < -0.4 is 5.32 Å². The predicted octanol–water partition coefficient (Wildman–Crippen LogP) is 24.9. The van der Waals surface area contributed by atoms with Crippen LogP contribution in [0.3, 0.4) is 0 Å². The van der Waals surface area contributed by atoms with Gasteiger partial charge in [0.1, 0.15) is 0 Å². The first kappa shape index (κ1) is 81.3. The Balaban J connectivity index is 3.31. The van der Waals surface area contributed by atoms with Crippen molar-refractivity contribution in [1.29, 1.82) is 0 Å². The molecule has 0 rings (SSSR count). The molecule has 0 heterocycles. The number of hydrogen-bond donors (Lipinski definition) is 3. The summed E-state index contributed by atoms with van der Waals surface area (Å²) in [7, 11) is 0. The molecule has 83 heavy (non-hydrogen) atoms. The first-order valence-corrected chi connectivity index (χ1v) is 38.1. The molecule has 0 radical (unpaired) electrons. The van der Waals surface area contributed by atoms with Gasteiger partial charge < -0.3 is 20.3 Å². The Morgan fingerprint density at radius 3 is 0.928 bits per heavy atom. The van der Waals surface area contributed by atoms with Gasteiger partial charge in [-0.2, -0.15) is 0 Å². The first-order valence-electron chi connectivity index (χ1n) is 38.1. The Kier molecular flexibility index (Phi) is 71.4. The molecule has 492 valence electrons. The van der Waals surface area contributed by atoms with Crippen molar-refractivity contribution in [3.05, 3.63) is 24.3 Å². The highest BCUT2D eigenvalue weighted by molar-refractivity contribution is 5.76. The Hall–Kier alpha value is -1.66. The number of carbonyl (C=O) groups is 2. The van der Waals surface area contributed by atoms with E-state index >= 15 is 0 Å². The summed E-state index contributed by atoms with van der Waals surface area (Å²) in [6, 6.07) is -0.538. The second-order valence-electron chi connectivity index (χ2n) is 26.3.